The van der Waals surface area contributed by atoms with E-state index in [-0.39, 0.29) is 22.4 Å². The molecular formula is C11H13ClFNO3S. The lowest BCUT2D eigenvalue weighted by Gasteiger charge is -2.11. The lowest BCUT2D eigenvalue weighted by Crippen LogP contribution is -2.32. The number of carbonyl (C=O) groups is 1. The van der Waals surface area contributed by atoms with E-state index in [0.717, 1.165) is 12.1 Å². The van der Waals surface area contributed by atoms with Gasteiger partial charge in [-0.3, -0.25) is 9.00 Å². The molecule has 0 bridgehead atoms. The van der Waals surface area contributed by atoms with E-state index in [0.29, 0.717) is 0 Å². The number of hydrogen-bond donors (Lipinski definition) is 2. The van der Waals surface area contributed by atoms with Crippen LogP contribution in [0.5, 0.6) is 5.75 Å². The van der Waals surface area contributed by atoms with E-state index in [1.165, 1.54) is 6.26 Å². The molecule has 0 heterocycles. The third-order valence-electron chi connectivity index (χ3n) is 2.39. The van der Waals surface area contributed by atoms with Crippen molar-refractivity contribution in [3.63, 3.8) is 0 Å². The van der Waals surface area contributed by atoms with Crippen molar-refractivity contribution in [1.82, 2.24) is 5.32 Å². The van der Waals surface area contributed by atoms with Crippen molar-refractivity contribution in [3.05, 3.63) is 28.5 Å². The number of phenolic OH excluding ortho intramolecular Hbond substituents is 1. The Hall–Kier alpha value is -1.14. The van der Waals surface area contributed by atoms with Crippen LogP contribution >= 0.6 is 11.6 Å². The van der Waals surface area contributed by atoms with Crippen LogP contribution in [0.1, 0.15) is 17.3 Å². The van der Waals surface area contributed by atoms with E-state index in [4.69, 9.17) is 11.6 Å². The molecule has 1 amide bonds. The summed E-state index contributed by atoms with van der Waals surface area (Å²) >= 11 is 5.56. The summed E-state index contributed by atoms with van der Waals surface area (Å²) in [5.74, 6) is -1.85. The zero-order chi connectivity index (χ0) is 13.9. The lowest BCUT2D eigenvalue weighted by molar-refractivity contribution is 0.0951. The molecule has 0 spiro atoms. The van der Waals surface area contributed by atoms with E-state index in [1.54, 1.807) is 6.92 Å². The summed E-state index contributed by atoms with van der Waals surface area (Å²) in [6, 6.07) is 1.81. The second-order valence-electron chi connectivity index (χ2n) is 3.80. The average Bonchev–Trinajstić information content (AvgIpc) is 2.29. The van der Waals surface area contributed by atoms with Crippen LogP contribution in [0.3, 0.4) is 0 Å². The van der Waals surface area contributed by atoms with Crippen LogP contribution in [-0.2, 0) is 10.8 Å². The van der Waals surface area contributed by atoms with Gasteiger partial charge in [0.1, 0.15) is 11.6 Å². The number of rotatable bonds is 4. The topological polar surface area (TPSA) is 66.4 Å². The second-order valence-corrected chi connectivity index (χ2v) is 6.01. The Labute approximate surface area is 112 Å². The Bertz CT molecular complexity index is 495. The molecule has 0 aliphatic rings. The standard InChI is InChI=1S/C11H13ClFNO3S/c1-6(18(2)17)5-14-11(16)8-3-7(13)4-9(12)10(8)15/h3-4,6,15H,5H2,1-2H3,(H,14,16)/t6-,18-/m1/s1. The van der Waals surface area contributed by atoms with E-state index in [9.17, 15) is 18.5 Å². The van der Waals surface area contributed by atoms with E-state index >= 15 is 0 Å². The van der Waals surface area contributed by atoms with Gasteiger partial charge in [0.15, 0.2) is 0 Å². The van der Waals surface area contributed by atoms with Crippen LogP contribution in [0.25, 0.3) is 0 Å². The first kappa shape index (κ1) is 14.9. The maximum absolute atomic E-state index is 13.1. The third-order valence-corrected chi connectivity index (χ3v) is 3.98. The van der Waals surface area contributed by atoms with Gasteiger partial charge in [-0.25, -0.2) is 4.39 Å². The summed E-state index contributed by atoms with van der Waals surface area (Å²) < 4.78 is 24.2. The van der Waals surface area contributed by atoms with Crippen LogP contribution in [0.4, 0.5) is 4.39 Å². The van der Waals surface area contributed by atoms with Gasteiger partial charge in [0.05, 0.1) is 10.6 Å². The zero-order valence-corrected chi connectivity index (χ0v) is 11.4. The summed E-state index contributed by atoms with van der Waals surface area (Å²) in [5.41, 5.74) is -0.242. The van der Waals surface area contributed by atoms with Crippen molar-refractivity contribution in [2.45, 2.75) is 12.2 Å². The van der Waals surface area contributed by atoms with Crippen molar-refractivity contribution in [2.75, 3.05) is 12.8 Å². The fourth-order valence-electron chi connectivity index (χ4n) is 1.19. The van der Waals surface area contributed by atoms with Gasteiger partial charge < -0.3 is 10.4 Å². The predicted octanol–water partition coefficient (Wildman–Crippen LogP) is 1.68. The normalized spacial score (nSPS) is 14.0. The highest BCUT2D eigenvalue weighted by Crippen LogP contribution is 2.28. The van der Waals surface area contributed by atoms with Crippen LogP contribution in [0.15, 0.2) is 12.1 Å². The first-order chi connectivity index (χ1) is 8.32. The van der Waals surface area contributed by atoms with E-state index in [2.05, 4.69) is 5.32 Å². The second kappa shape index (κ2) is 6.15. The fraction of sp³-hybridized carbons (Fsp3) is 0.364. The van der Waals surface area contributed by atoms with Gasteiger partial charge in [-0.15, -0.1) is 0 Å². The summed E-state index contributed by atoms with van der Waals surface area (Å²) in [5, 5.41) is 11.5. The first-order valence-electron chi connectivity index (χ1n) is 5.11. The summed E-state index contributed by atoms with van der Waals surface area (Å²) in [7, 11) is -1.07. The molecular weight excluding hydrogens is 281 g/mol. The quantitative estimate of drug-likeness (QED) is 0.888. The summed E-state index contributed by atoms with van der Waals surface area (Å²) in [6.07, 6.45) is 1.52. The number of nitrogens with one attached hydrogen (secondary N) is 1. The number of amides is 1. The van der Waals surface area contributed by atoms with Crippen LogP contribution in [0, 0.1) is 5.82 Å². The van der Waals surface area contributed by atoms with Crippen molar-refractivity contribution < 1.29 is 18.5 Å². The minimum atomic E-state index is -1.07. The van der Waals surface area contributed by atoms with Gasteiger partial charge in [-0.2, -0.15) is 0 Å². The number of phenols is 1. The van der Waals surface area contributed by atoms with Gasteiger partial charge in [0.25, 0.3) is 5.91 Å². The zero-order valence-electron chi connectivity index (χ0n) is 9.87. The molecule has 0 radical (unpaired) electrons. The van der Waals surface area contributed by atoms with Crippen molar-refractivity contribution in [3.8, 4) is 5.75 Å². The molecule has 0 saturated heterocycles. The lowest BCUT2D eigenvalue weighted by atomic mass is 10.2. The highest BCUT2D eigenvalue weighted by atomic mass is 35.5. The average molecular weight is 294 g/mol. The van der Waals surface area contributed by atoms with Crippen molar-refractivity contribution in [2.24, 2.45) is 0 Å². The first-order valence-corrected chi connectivity index (χ1v) is 7.11. The van der Waals surface area contributed by atoms with Crippen LogP contribution in [-0.4, -0.2) is 33.3 Å². The van der Waals surface area contributed by atoms with Gasteiger partial charge in [-0.05, 0) is 19.1 Å². The summed E-state index contributed by atoms with van der Waals surface area (Å²) in [6.45, 7) is 1.87. The molecule has 100 valence electrons. The molecule has 4 nitrogen and oxygen atoms in total. The molecule has 18 heavy (non-hydrogen) atoms. The highest BCUT2D eigenvalue weighted by molar-refractivity contribution is 7.84. The largest absolute Gasteiger partial charge is 0.506 e. The number of aromatic hydroxyl groups is 1. The molecule has 0 saturated carbocycles. The van der Waals surface area contributed by atoms with E-state index < -0.39 is 28.3 Å². The maximum Gasteiger partial charge on any atom is 0.255 e. The molecule has 0 aliphatic heterocycles. The third kappa shape index (κ3) is 3.68. The maximum atomic E-state index is 13.1. The van der Waals surface area contributed by atoms with Crippen LogP contribution in [0.2, 0.25) is 5.02 Å². The number of benzene rings is 1. The van der Waals surface area contributed by atoms with Crippen LogP contribution < -0.4 is 5.32 Å². The summed E-state index contributed by atoms with van der Waals surface area (Å²) in [4.78, 5) is 11.7. The smallest absolute Gasteiger partial charge is 0.255 e. The molecule has 0 unspecified atom stereocenters. The molecule has 1 aromatic rings. The Morgan fingerprint density at radius 3 is 2.78 bits per heavy atom. The Morgan fingerprint density at radius 2 is 2.22 bits per heavy atom. The van der Waals surface area contributed by atoms with E-state index in [1.807, 2.05) is 0 Å². The molecule has 1 rings (SSSR count). The molecule has 0 aliphatic carbocycles. The number of halogens is 2. The Balaban J connectivity index is 2.82. The molecule has 0 aromatic heterocycles. The number of carbonyl (C=O) groups excluding carboxylic acids is 1. The number of hydrogen-bond acceptors (Lipinski definition) is 3. The Morgan fingerprint density at radius 1 is 1.61 bits per heavy atom. The van der Waals surface area contributed by atoms with Gasteiger partial charge in [0, 0.05) is 28.9 Å². The van der Waals surface area contributed by atoms with Gasteiger partial charge in [0.2, 0.25) is 0 Å². The Kier molecular flexibility index (Phi) is 5.10. The minimum absolute atomic E-state index is 0.162. The van der Waals surface area contributed by atoms with Crippen molar-refractivity contribution in [1.29, 1.82) is 0 Å². The van der Waals surface area contributed by atoms with Gasteiger partial charge in [-0.1, -0.05) is 11.6 Å². The monoisotopic (exact) mass is 293 g/mol. The molecule has 2 N–H and O–H groups in total. The SMILES string of the molecule is C[C@H](CNC(=O)c1cc(F)cc(Cl)c1O)[S@@](C)=O. The predicted molar refractivity (Wildman–Crippen MR) is 68.9 cm³/mol. The molecule has 0 fully saturated rings. The molecule has 1 aromatic carbocycles. The highest BCUT2D eigenvalue weighted by Gasteiger charge is 2.17. The minimum Gasteiger partial charge on any atom is -0.506 e. The van der Waals surface area contributed by atoms with Gasteiger partial charge >= 0.3 is 0 Å². The molecule has 2 atom stereocenters. The molecule has 7 heteroatoms. The van der Waals surface area contributed by atoms with Crippen molar-refractivity contribution >= 4 is 28.3 Å². The fourth-order valence-corrected chi connectivity index (χ4v) is 1.71.